The van der Waals surface area contributed by atoms with Gasteiger partial charge in [-0.15, -0.1) is 0 Å². The Kier molecular flexibility index (Phi) is 4.76. The van der Waals surface area contributed by atoms with Crippen molar-refractivity contribution in [1.29, 1.82) is 0 Å². The van der Waals surface area contributed by atoms with E-state index < -0.39 is 11.5 Å². The van der Waals surface area contributed by atoms with E-state index in [9.17, 15) is 9.90 Å². The number of hydrogen-bond donors (Lipinski definition) is 1. The molecule has 0 unspecified atom stereocenters. The van der Waals surface area contributed by atoms with Gasteiger partial charge in [-0.2, -0.15) is 0 Å². The summed E-state index contributed by atoms with van der Waals surface area (Å²) in [7, 11) is 0. The number of hydrogen-bond acceptors (Lipinski definition) is 2. The molecule has 100 valence electrons. The molecule has 0 radical (unpaired) electrons. The van der Waals surface area contributed by atoms with Gasteiger partial charge in [0.1, 0.15) is 5.54 Å². The van der Waals surface area contributed by atoms with Gasteiger partial charge in [0.05, 0.1) is 0 Å². The zero-order valence-corrected chi connectivity index (χ0v) is 11.7. The van der Waals surface area contributed by atoms with E-state index in [-0.39, 0.29) is 0 Å². The molecule has 0 aliphatic carbocycles. The molecule has 18 heavy (non-hydrogen) atoms. The Morgan fingerprint density at radius 2 is 1.89 bits per heavy atom. The van der Waals surface area contributed by atoms with E-state index >= 15 is 0 Å². The van der Waals surface area contributed by atoms with Gasteiger partial charge < -0.3 is 10.0 Å². The molecule has 1 aromatic carbocycles. The number of rotatable bonds is 6. The Balaban J connectivity index is 3.26. The summed E-state index contributed by atoms with van der Waals surface area (Å²) in [5.74, 6) is -0.740. The third kappa shape index (κ3) is 2.50. The molecule has 3 heteroatoms. The summed E-state index contributed by atoms with van der Waals surface area (Å²) >= 11 is 0. The summed E-state index contributed by atoms with van der Waals surface area (Å²) in [6.07, 6.45) is 1.20. The summed E-state index contributed by atoms with van der Waals surface area (Å²) < 4.78 is 0. The van der Waals surface area contributed by atoms with Crippen molar-refractivity contribution in [2.75, 3.05) is 11.4 Å². The van der Waals surface area contributed by atoms with Gasteiger partial charge in [0, 0.05) is 12.2 Å². The molecule has 0 amide bonds. The molecule has 0 aliphatic heterocycles. The van der Waals surface area contributed by atoms with Gasteiger partial charge in [-0.25, -0.2) is 4.79 Å². The number of carboxylic acid groups (broad SMARTS) is 1. The van der Waals surface area contributed by atoms with Gasteiger partial charge in [0.2, 0.25) is 0 Å². The van der Waals surface area contributed by atoms with Crippen LogP contribution in [-0.4, -0.2) is 23.2 Å². The number of aliphatic carboxylic acids is 1. The lowest BCUT2D eigenvalue weighted by atomic mass is 9.89. The molecular weight excluding hydrogens is 226 g/mol. The maximum absolute atomic E-state index is 11.7. The summed E-state index contributed by atoms with van der Waals surface area (Å²) in [5.41, 5.74) is 1.34. The molecule has 1 aromatic rings. The van der Waals surface area contributed by atoms with E-state index in [1.54, 1.807) is 0 Å². The molecule has 0 bridgehead atoms. The van der Waals surface area contributed by atoms with Gasteiger partial charge in [0.15, 0.2) is 0 Å². The maximum Gasteiger partial charge on any atom is 0.329 e. The van der Waals surface area contributed by atoms with Crippen LogP contribution in [0, 0.1) is 6.92 Å². The Hall–Kier alpha value is -1.51. The second-order valence-corrected chi connectivity index (χ2v) is 4.63. The molecule has 0 aromatic heterocycles. The van der Waals surface area contributed by atoms with Crippen molar-refractivity contribution >= 4 is 11.7 Å². The smallest absolute Gasteiger partial charge is 0.329 e. The first-order valence-corrected chi connectivity index (χ1v) is 6.59. The first-order valence-electron chi connectivity index (χ1n) is 6.59. The fraction of sp³-hybridized carbons (Fsp3) is 0.533. The number of anilines is 1. The molecule has 0 saturated heterocycles. The normalized spacial score (nSPS) is 11.3. The molecule has 0 heterocycles. The van der Waals surface area contributed by atoms with Gasteiger partial charge in [-0.05, 0) is 44.4 Å². The lowest BCUT2D eigenvalue weighted by Gasteiger charge is -2.41. The fourth-order valence-corrected chi connectivity index (χ4v) is 2.58. The van der Waals surface area contributed by atoms with Crippen molar-refractivity contribution in [3.05, 3.63) is 29.8 Å². The minimum Gasteiger partial charge on any atom is -0.479 e. The highest BCUT2D eigenvalue weighted by Gasteiger charge is 2.40. The van der Waals surface area contributed by atoms with E-state index in [1.165, 1.54) is 0 Å². The quantitative estimate of drug-likeness (QED) is 0.839. The van der Waals surface area contributed by atoms with E-state index in [1.807, 2.05) is 56.9 Å². The predicted molar refractivity (Wildman–Crippen MR) is 75.1 cm³/mol. The molecule has 3 nitrogen and oxygen atoms in total. The Bertz CT molecular complexity index is 411. The van der Waals surface area contributed by atoms with Gasteiger partial charge >= 0.3 is 5.97 Å². The predicted octanol–water partition coefficient (Wildman–Crippen LogP) is 3.46. The minimum absolute atomic E-state index is 0.598. The molecule has 0 saturated carbocycles. The van der Waals surface area contributed by atoms with Crippen LogP contribution in [0.2, 0.25) is 0 Å². The van der Waals surface area contributed by atoms with Gasteiger partial charge in [0.25, 0.3) is 0 Å². The van der Waals surface area contributed by atoms with Crippen molar-refractivity contribution in [2.24, 2.45) is 0 Å². The molecular formula is C15H23NO2. The van der Waals surface area contributed by atoms with E-state index in [0.717, 1.165) is 11.3 Å². The molecule has 1 N–H and O–H groups in total. The average Bonchev–Trinajstić information content (AvgIpc) is 2.35. The molecule has 0 atom stereocenters. The van der Waals surface area contributed by atoms with Crippen LogP contribution in [0.15, 0.2) is 24.3 Å². The first-order chi connectivity index (χ1) is 8.51. The second kappa shape index (κ2) is 5.89. The van der Waals surface area contributed by atoms with E-state index in [0.29, 0.717) is 19.4 Å². The van der Waals surface area contributed by atoms with Crippen LogP contribution in [0.1, 0.15) is 39.2 Å². The Morgan fingerprint density at radius 3 is 2.28 bits per heavy atom. The van der Waals surface area contributed by atoms with Crippen LogP contribution in [0.3, 0.4) is 0 Å². The number of aryl methyl sites for hydroxylation is 1. The van der Waals surface area contributed by atoms with Crippen LogP contribution in [0.4, 0.5) is 5.69 Å². The van der Waals surface area contributed by atoms with Crippen LogP contribution < -0.4 is 4.90 Å². The van der Waals surface area contributed by atoms with Crippen LogP contribution >= 0.6 is 0 Å². The molecule has 0 fully saturated rings. The van der Waals surface area contributed by atoms with Crippen LogP contribution in [0.5, 0.6) is 0 Å². The van der Waals surface area contributed by atoms with E-state index in [4.69, 9.17) is 0 Å². The topological polar surface area (TPSA) is 40.5 Å². The number of carbonyl (C=O) groups is 1. The number of likely N-dealkylation sites (N-methyl/N-ethyl adjacent to an activating group) is 1. The second-order valence-electron chi connectivity index (χ2n) is 4.63. The first kappa shape index (κ1) is 14.6. The molecule has 0 spiro atoms. The summed E-state index contributed by atoms with van der Waals surface area (Å²) in [6.45, 7) is 8.60. The van der Waals surface area contributed by atoms with Crippen molar-refractivity contribution in [3.8, 4) is 0 Å². The fourth-order valence-electron chi connectivity index (χ4n) is 2.58. The highest BCUT2D eigenvalue weighted by molar-refractivity contribution is 5.83. The van der Waals surface area contributed by atoms with Crippen molar-refractivity contribution < 1.29 is 9.90 Å². The highest BCUT2D eigenvalue weighted by atomic mass is 16.4. The van der Waals surface area contributed by atoms with Crippen LogP contribution in [-0.2, 0) is 4.79 Å². The third-order valence-corrected chi connectivity index (χ3v) is 3.71. The zero-order chi connectivity index (χ0) is 13.8. The molecule has 0 aliphatic rings. The molecule has 1 rings (SSSR count). The summed E-state index contributed by atoms with van der Waals surface area (Å²) in [5, 5.41) is 9.61. The lowest BCUT2D eigenvalue weighted by molar-refractivity contribution is -0.143. The van der Waals surface area contributed by atoms with Crippen molar-refractivity contribution in [1.82, 2.24) is 0 Å². The van der Waals surface area contributed by atoms with Gasteiger partial charge in [-0.1, -0.05) is 26.0 Å². The average molecular weight is 249 g/mol. The Morgan fingerprint density at radius 1 is 1.28 bits per heavy atom. The zero-order valence-electron chi connectivity index (χ0n) is 11.7. The van der Waals surface area contributed by atoms with Crippen LogP contribution in [0.25, 0.3) is 0 Å². The monoisotopic (exact) mass is 249 g/mol. The number of carboxylic acids is 1. The van der Waals surface area contributed by atoms with E-state index in [2.05, 4.69) is 0 Å². The highest BCUT2D eigenvalue weighted by Crippen LogP contribution is 2.30. The largest absolute Gasteiger partial charge is 0.479 e. The van der Waals surface area contributed by atoms with Crippen molar-refractivity contribution in [3.63, 3.8) is 0 Å². The third-order valence-electron chi connectivity index (χ3n) is 3.71. The number of nitrogens with zero attached hydrogens (tertiary/aromatic N) is 1. The van der Waals surface area contributed by atoms with Crippen molar-refractivity contribution in [2.45, 2.75) is 46.1 Å². The SMILES string of the molecule is CCN(c1cccc(C)c1)C(CC)(CC)C(=O)O. The summed E-state index contributed by atoms with van der Waals surface area (Å²) in [4.78, 5) is 13.7. The Labute approximate surface area is 109 Å². The lowest BCUT2D eigenvalue weighted by Crippen LogP contribution is -2.54. The summed E-state index contributed by atoms with van der Waals surface area (Å²) in [6, 6.07) is 8.04. The minimum atomic E-state index is -0.803. The van der Waals surface area contributed by atoms with Gasteiger partial charge in [-0.3, -0.25) is 0 Å². The number of benzene rings is 1. The standard InChI is InChI=1S/C15H23NO2/c1-5-15(6-2,14(17)18)16(7-3)13-10-8-9-12(4)11-13/h8-11H,5-7H2,1-4H3,(H,17,18). The maximum atomic E-state index is 11.7.